The van der Waals surface area contributed by atoms with Gasteiger partial charge in [0.15, 0.2) is 11.6 Å². The Labute approximate surface area is 115 Å². The number of nitrogens with one attached hydrogen (secondary N) is 2. The topological polar surface area (TPSA) is 75.3 Å². The summed E-state index contributed by atoms with van der Waals surface area (Å²) in [4.78, 5) is 11.5. The van der Waals surface area contributed by atoms with Crippen LogP contribution in [-0.4, -0.2) is 33.2 Å². The second-order valence-electron chi connectivity index (χ2n) is 4.62. The molecular weight excluding hydrogens is 290 g/mol. The van der Waals surface area contributed by atoms with E-state index in [2.05, 4.69) is 5.32 Å². The number of amides is 1. The minimum absolute atomic E-state index is 0.201. The first kappa shape index (κ1) is 14.9. The van der Waals surface area contributed by atoms with Crippen LogP contribution in [0.2, 0.25) is 0 Å². The summed E-state index contributed by atoms with van der Waals surface area (Å²) >= 11 is 0. The zero-order valence-electron chi connectivity index (χ0n) is 10.7. The second-order valence-corrected chi connectivity index (χ2v) is 6.55. The predicted molar refractivity (Wildman–Crippen MR) is 68.5 cm³/mol. The number of carbonyl (C=O) groups is 1. The predicted octanol–water partition coefficient (Wildman–Crippen LogP) is 0.486. The van der Waals surface area contributed by atoms with E-state index in [0.717, 1.165) is 6.07 Å². The molecule has 1 saturated carbocycles. The summed E-state index contributed by atoms with van der Waals surface area (Å²) in [7, 11) is -2.42. The van der Waals surface area contributed by atoms with Crippen LogP contribution in [-0.2, 0) is 14.8 Å². The molecule has 110 valence electrons. The van der Waals surface area contributed by atoms with Gasteiger partial charge in [0, 0.05) is 12.0 Å². The highest BCUT2D eigenvalue weighted by Gasteiger charge is 2.41. The lowest BCUT2D eigenvalue weighted by Crippen LogP contribution is -2.36. The first-order chi connectivity index (χ1) is 9.34. The molecule has 1 fully saturated rings. The highest BCUT2D eigenvalue weighted by molar-refractivity contribution is 7.90. The van der Waals surface area contributed by atoms with Gasteiger partial charge in [-0.1, -0.05) is 12.1 Å². The van der Waals surface area contributed by atoms with Gasteiger partial charge in [0.1, 0.15) is 5.75 Å². The number of hydrogen-bond acceptors (Lipinski definition) is 3. The monoisotopic (exact) mass is 304 g/mol. The van der Waals surface area contributed by atoms with E-state index >= 15 is 0 Å². The smallest absolute Gasteiger partial charge is 0.236 e. The molecular formula is C12H14F2N2O3S. The lowest BCUT2D eigenvalue weighted by atomic mass is 10.1. The van der Waals surface area contributed by atoms with Gasteiger partial charge in [-0.2, -0.15) is 0 Å². The molecule has 2 unspecified atom stereocenters. The highest BCUT2D eigenvalue weighted by atomic mass is 32.2. The van der Waals surface area contributed by atoms with E-state index in [1.165, 1.54) is 19.2 Å². The van der Waals surface area contributed by atoms with E-state index in [4.69, 9.17) is 0 Å². The maximum absolute atomic E-state index is 13.5. The Morgan fingerprint density at radius 2 is 2.10 bits per heavy atom. The Hall–Kier alpha value is -1.54. The summed E-state index contributed by atoms with van der Waals surface area (Å²) in [6.07, 6.45) is 0.464. The Morgan fingerprint density at radius 1 is 1.40 bits per heavy atom. The Balaban J connectivity index is 1.96. The van der Waals surface area contributed by atoms with Crippen molar-refractivity contribution in [3.63, 3.8) is 0 Å². The van der Waals surface area contributed by atoms with Gasteiger partial charge < -0.3 is 5.32 Å². The maximum Gasteiger partial charge on any atom is 0.236 e. The quantitative estimate of drug-likeness (QED) is 0.831. The summed E-state index contributed by atoms with van der Waals surface area (Å²) in [5, 5.41) is 2.49. The third-order valence-corrected chi connectivity index (χ3v) is 4.41. The van der Waals surface area contributed by atoms with E-state index in [1.54, 1.807) is 0 Å². The normalized spacial score (nSPS) is 21.6. The van der Waals surface area contributed by atoms with Crippen LogP contribution in [0.3, 0.4) is 0 Å². The van der Waals surface area contributed by atoms with E-state index in [-0.39, 0.29) is 17.5 Å². The van der Waals surface area contributed by atoms with Crippen molar-refractivity contribution < 1.29 is 22.0 Å². The zero-order valence-corrected chi connectivity index (χ0v) is 11.5. The second kappa shape index (κ2) is 5.45. The van der Waals surface area contributed by atoms with E-state index in [9.17, 15) is 22.0 Å². The van der Waals surface area contributed by atoms with Crippen LogP contribution in [0.4, 0.5) is 8.78 Å². The molecule has 20 heavy (non-hydrogen) atoms. The maximum atomic E-state index is 13.5. The molecule has 0 spiro atoms. The third kappa shape index (κ3) is 3.31. The zero-order chi connectivity index (χ0) is 14.9. The van der Waals surface area contributed by atoms with Crippen LogP contribution < -0.4 is 10.0 Å². The number of sulfonamides is 1. The standard InChI is InChI=1S/C12H14F2N2O3S/c1-15-20(18,19)6-11(17)16-10-5-8(10)7-3-2-4-9(13)12(7)14/h2-4,8,10,15H,5-6H2,1H3,(H,16,17). The molecule has 1 aliphatic carbocycles. The molecule has 0 radical (unpaired) electrons. The van der Waals surface area contributed by atoms with Crippen LogP contribution in [0.15, 0.2) is 18.2 Å². The molecule has 8 heteroatoms. The molecule has 0 aromatic heterocycles. The highest BCUT2D eigenvalue weighted by Crippen LogP contribution is 2.42. The Bertz CT molecular complexity index is 634. The first-order valence-corrected chi connectivity index (χ1v) is 7.64. The lowest BCUT2D eigenvalue weighted by Gasteiger charge is -2.06. The number of hydrogen-bond donors (Lipinski definition) is 2. The summed E-state index contributed by atoms with van der Waals surface area (Å²) in [6.45, 7) is 0. The van der Waals surface area contributed by atoms with Crippen molar-refractivity contribution in [2.24, 2.45) is 0 Å². The largest absolute Gasteiger partial charge is 0.352 e. The first-order valence-electron chi connectivity index (χ1n) is 5.98. The fourth-order valence-corrected chi connectivity index (χ4v) is 2.57. The van der Waals surface area contributed by atoms with Gasteiger partial charge in [-0.3, -0.25) is 4.79 Å². The van der Waals surface area contributed by atoms with Crippen LogP contribution in [0.25, 0.3) is 0 Å². The average molecular weight is 304 g/mol. The van der Waals surface area contributed by atoms with Gasteiger partial charge in [-0.15, -0.1) is 0 Å². The van der Waals surface area contributed by atoms with Crippen molar-refractivity contribution >= 4 is 15.9 Å². The fraction of sp³-hybridized carbons (Fsp3) is 0.417. The molecule has 1 aliphatic rings. The SMILES string of the molecule is CNS(=O)(=O)CC(=O)NC1CC1c1cccc(F)c1F. The molecule has 2 N–H and O–H groups in total. The minimum Gasteiger partial charge on any atom is -0.352 e. The summed E-state index contributed by atoms with van der Waals surface area (Å²) in [5.41, 5.74) is 0.201. The van der Waals surface area contributed by atoms with Crippen LogP contribution in [0, 0.1) is 11.6 Å². The number of halogens is 2. The molecule has 0 heterocycles. The molecule has 2 atom stereocenters. The van der Waals surface area contributed by atoms with Gasteiger partial charge >= 0.3 is 0 Å². The van der Waals surface area contributed by atoms with Gasteiger partial charge in [-0.05, 0) is 25.1 Å². The number of benzene rings is 1. The van der Waals surface area contributed by atoms with E-state index in [1.807, 2.05) is 4.72 Å². The molecule has 0 aliphatic heterocycles. The van der Waals surface area contributed by atoms with Crippen LogP contribution in [0.1, 0.15) is 17.9 Å². The average Bonchev–Trinajstić information content (AvgIpc) is 3.11. The summed E-state index contributed by atoms with van der Waals surface area (Å²) in [6, 6.07) is 3.52. The van der Waals surface area contributed by atoms with Crippen molar-refractivity contribution in [1.29, 1.82) is 0 Å². The van der Waals surface area contributed by atoms with E-state index in [0.29, 0.717) is 6.42 Å². The molecule has 1 aromatic carbocycles. The minimum atomic E-state index is -3.63. The van der Waals surface area contributed by atoms with E-state index < -0.39 is 33.3 Å². The van der Waals surface area contributed by atoms with Crippen molar-refractivity contribution in [3.8, 4) is 0 Å². The Morgan fingerprint density at radius 3 is 2.75 bits per heavy atom. The van der Waals surface area contributed by atoms with Gasteiger partial charge in [-0.25, -0.2) is 21.9 Å². The molecule has 1 amide bonds. The molecule has 5 nitrogen and oxygen atoms in total. The Kier molecular flexibility index (Phi) is 4.05. The number of rotatable bonds is 5. The third-order valence-electron chi connectivity index (χ3n) is 3.15. The van der Waals surface area contributed by atoms with Crippen LogP contribution >= 0.6 is 0 Å². The molecule has 2 rings (SSSR count). The van der Waals surface area contributed by atoms with Crippen molar-refractivity contribution in [2.45, 2.75) is 18.4 Å². The van der Waals surface area contributed by atoms with Crippen molar-refractivity contribution in [2.75, 3.05) is 12.8 Å². The van der Waals surface area contributed by atoms with Gasteiger partial charge in [0.2, 0.25) is 15.9 Å². The fourth-order valence-electron chi connectivity index (χ4n) is 2.00. The molecule has 1 aromatic rings. The molecule has 0 saturated heterocycles. The summed E-state index contributed by atoms with van der Waals surface area (Å²) < 4.78 is 51.0. The van der Waals surface area contributed by atoms with Gasteiger partial charge in [0.25, 0.3) is 0 Å². The molecule has 0 bridgehead atoms. The van der Waals surface area contributed by atoms with Crippen LogP contribution in [0.5, 0.6) is 0 Å². The lowest BCUT2D eigenvalue weighted by molar-refractivity contribution is -0.118. The van der Waals surface area contributed by atoms with Gasteiger partial charge in [0.05, 0.1) is 0 Å². The van der Waals surface area contributed by atoms with Crippen molar-refractivity contribution in [3.05, 3.63) is 35.4 Å². The number of carbonyl (C=O) groups excluding carboxylic acids is 1. The van der Waals surface area contributed by atoms with Crippen molar-refractivity contribution in [1.82, 2.24) is 10.0 Å². The summed E-state index contributed by atoms with van der Waals surface area (Å²) in [5.74, 6) is -3.51.